The fourth-order valence-electron chi connectivity index (χ4n) is 1.45. The number of aryl methyl sites for hydroxylation is 2. The number of nitrogens with zero attached hydrogens (tertiary/aromatic N) is 2. The highest BCUT2D eigenvalue weighted by molar-refractivity contribution is 5.41. The average Bonchev–Trinajstić information content (AvgIpc) is 2.57. The van der Waals surface area contributed by atoms with Crippen LogP contribution in [-0.4, -0.2) is 14.6 Å². The van der Waals surface area contributed by atoms with Gasteiger partial charge in [-0.15, -0.1) is 0 Å². The summed E-state index contributed by atoms with van der Waals surface area (Å²) in [5.74, 6) is 0. The maximum Gasteiger partial charge on any atom is 0.275 e. The van der Waals surface area contributed by atoms with Crippen LogP contribution >= 0.6 is 0 Å². The van der Waals surface area contributed by atoms with E-state index in [1.165, 1.54) is 4.52 Å². The molecule has 0 aromatic carbocycles. The number of hydrogen-bond acceptors (Lipinski definition) is 2. The number of hydrogen-bond donors (Lipinski definition) is 1. The minimum atomic E-state index is -0.00722. The largest absolute Gasteiger partial charge is 0.294 e. The molecule has 0 saturated carbocycles. The molecule has 0 atom stereocenters. The van der Waals surface area contributed by atoms with Crippen LogP contribution in [-0.2, 0) is 6.42 Å². The van der Waals surface area contributed by atoms with E-state index in [4.69, 9.17) is 0 Å². The molecular formula is C10H13N3O. The summed E-state index contributed by atoms with van der Waals surface area (Å²) in [5, 5.41) is 3.02. The van der Waals surface area contributed by atoms with Crippen LogP contribution in [0.15, 0.2) is 10.9 Å². The molecule has 0 aliphatic heterocycles. The Bertz CT molecular complexity index is 536. The monoisotopic (exact) mass is 191 g/mol. The molecule has 0 spiro atoms. The molecule has 0 saturated heterocycles. The summed E-state index contributed by atoms with van der Waals surface area (Å²) in [6.45, 7) is 5.69. The van der Waals surface area contributed by atoms with Crippen LogP contribution in [0.1, 0.15) is 23.9 Å². The molecule has 2 rings (SSSR count). The minimum Gasteiger partial charge on any atom is -0.294 e. The lowest BCUT2D eigenvalue weighted by Gasteiger charge is -1.98. The Kier molecular flexibility index (Phi) is 1.91. The standard InChI is InChI=1S/C10H13N3O/c1-4-8-5-9-11-7(3)6(2)10(14)13(9)12-8/h5,12H,4H2,1-3H3. The third-order valence-corrected chi connectivity index (χ3v) is 2.52. The van der Waals surface area contributed by atoms with Gasteiger partial charge < -0.3 is 0 Å². The molecule has 0 aliphatic carbocycles. The number of aromatic amines is 1. The Labute approximate surface area is 81.6 Å². The van der Waals surface area contributed by atoms with Crippen LogP contribution in [0, 0.1) is 13.8 Å². The van der Waals surface area contributed by atoms with E-state index in [0.717, 1.165) is 17.8 Å². The molecule has 2 aromatic heterocycles. The van der Waals surface area contributed by atoms with Crippen LogP contribution < -0.4 is 5.56 Å². The third kappa shape index (κ3) is 1.14. The van der Waals surface area contributed by atoms with Crippen molar-refractivity contribution >= 4 is 5.65 Å². The van der Waals surface area contributed by atoms with Gasteiger partial charge in [-0.2, -0.15) is 0 Å². The summed E-state index contributed by atoms with van der Waals surface area (Å²) >= 11 is 0. The Hall–Kier alpha value is -1.58. The number of H-pyrrole nitrogens is 1. The van der Waals surface area contributed by atoms with Gasteiger partial charge in [0, 0.05) is 23.0 Å². The number of nitrogens with one attached hydrogen (secondary N) is 1. The zero-order valence-corrected chi connectivity index (χ0v) is 8.59. The summed E-state index contributed by atoms with van der Waals surface area (Å²) in [6, 6.07) is 1.91. The van der Waals surface area contributed by atoms with Gasteiger partial charge in [-0.05, 0) is 20.3 Å². The normalized spacial score (nSPS) is 11.1. The van der Waals surface area contributed by atoms with Gasteiger partial charge in [0.15, 0.2) is 5.65 Å². The highest BCUT2D eigenvalue weighted by atomic mass is 16.1. The quantitative estimate of drug-likeness (QED) is 0.736. The van der Waals surface area contributed by atoms with Crippen molar-refractivity contribution in [2.75, 3.05) is 0 Å². The molecule has 0 aliphatic rings. The van der Waals surface area contributed by atoms with Gasteiger partial charge >= 0.3 is 0 Å². The Morgan fingerprint density at radius 2 is 2.21 bits per heavy atom. The molecule has 2 aromatic rings. The predicted octanol–water partition coefficient (Wildman–Crippen LogP) is 1.20. The van der Waals surface area contributed by atoms with Crippen molar-refractivity contribution in [1.82, 2.24) is 14.6 Å². The maximum absolute atomic E-state index is 11.8. The lowest BCUT2D eigenvalue weighted by Crippen LogP contribution is -2.19. The summed E-state index contributed by atoms with van der Waals surface area (Å²) in [6.07, 6.45) is 0.876. The van der Waals surface area contributed by atoms with Crippen molar-refractivity contribution in [3.63, 3.8) is 0 Å². The lowest BCUT2D eigenvalue weighted by atomic mass is 10.3. The topological polar surface area (TPSA) is 50.2 Å². The molecule has 74 valence electrons. The van der Waals surface area contributed by atoms with Gasteiger partial charge in [0.1, 0.15) is 0 Å². The Morgan fingerprint density at radius 1 is 1.50 bits per heavy atom. The van der Waals surface area contributed by atoms with Crippen LogP contribution in [0.4, 0.5) is 0 Å². The third-order valence-electron chi connectivity index (χ3n) is 2.52. The van der Waals surface area contributed by atoms with Crippen LogP contribution in [0.25, 0.3) is 5.65 Å². The number of rotatable bonds is 1. The van der Waals surface area contributed by atoms with Gasteiger partial charge in [-0.3, -0.25) is 9.89 Å². The second-order valence-electron chi connectivity index (χ2n) is 3.46. The van der Waals surface area contributed by atoms with Crippen molar-refractivity contribution in [2.24, 2.45) is 0 Å². The van der Waals surface area contributed by atoms with Crippen LogP contribution in [0.5, 0.6) is 0 Å². The first-order chi connectivity index (χ1) is 6.63. The van der Waals surface area contributed by atoms with E-state index in [1.54, 1.807) is 6.92 Å². The SMILES string of the molecule is CCc1cc2nc(C)c(C)c(=O)n2[nH]1. The van der Waals surface area contributed by atoms with Crippen molar-refractivity contribution in [3.8, 4) is 0 Å². The molecule has 4 heteroatoms. The molecule has 14 heavy (non-hydrogen) atoms. The summed E-state index contributed by atoms with van der Waals surface area (Å²) in [7, 11) is 0. The van der Waals surface area contributed by atoms with Crippen molar-refractivity contribution in [3.05, 3.63) is 33.4 Å². The highest BCUT2D eigenvalue weighted by Gasteiger charge is 2.07. The van der Waals surface area contributed by atoms with Gasteiger partial charge in [0.05, 0.1) is 0 Å². The van der Waals surface area contributed by atoms with E-state index in [1.807, 2.05) is 19.9 Å². The summed E-state index contributed by atoms with van der Waals surface area (Å²) in [5.41, 5.74) is 3.23. The zero-order chi connectivity index (χ0) is 10.3. The molecule has 0 unspecified atom stereocenters. The molecule has 0 amide bonds. The molecular weight excluding hydrogens is 178 g/mol. The van der Waals surface area contributed by atoms with Gasteiger partial charge in [-0.1, -0.05) is 6.92 Å². The summed E-state index contributed by atoms with van der Waals surface area (Å²) in [4.78, 5) is 16.1. The predicted molar refractivity (Wildman–Crippen MR) is 54.7 cm³/mol. The van der Waals surface area contributed by atoms with E-state index in [9.17, 15) is 4.79 Å². The molecule has 0 fully saturated rings. The van der Waals surface area contributed by atoms with Crippen LogP contribution in [0.3, 0.4) is 0 Å². The first-order valence-corrected chi connectivity index (χ1v) is 4.71. The molecule has 0 bridgehead atoms. The molecule has 1 N–H and O–H groups in total. The van der Waals surface area contributed by atoms with Gasteiger partial charge in [0.25, 0.3) is 5.56 Å². The second-order valence-corrected chi connectivity index (χ2v) is 3.46. The first-order valence-electron chi connectivity index (χ1n) is 4.71. The van der Waals surface area contributed by atoms with E-state index >= 15 is 0 Å². The fraction of sp³-hybridized carbons (Fsp3) is 0.400. The number of fused-ring (bicyclic) bond motifs is 1. The van der Waals surface area contributed by atoms with E-state index in [-0.39, 0.29) is 5.56 Å². The van der Waals surface area contributed by atoms with E-state index in [0.29, 0.717) is 11.2 Å². The van der Waals surface area contributed by atoms with Crippen molar-refractivity contribution in [2.45, 2.75) is 27.2 Å². The van der Waals surface area contributed by atoms with E-state index in [2.05, 4.69) is 10.1 Å². The minimum absolute atomic E-state index is 0.00722. The molecule has 2 heterocycles. The zero-order valence-electron chi connectivity index (χ0n) is 8.59. The van der Waals surface area contributed by atoms with E-state index < -0.39 is 0 Å². The van der Waals surface area contributed by atoms with Gasteiger partial charge in [0.2, 0.25) is 0 Å². The Morgan fingerprint density at radius 3 is 2.86 bits per heavy atom. The summed E-state index contributed by atoms with van der Waals surface area (Å²) < 4.78 is 1.50. The van der Waals surface area contributed by atoms with Gasteiger partial charge in [-0.25, -0.2) is 9.50 Å². The molecule has 0 radical (unpaired) electrons. The van der Waals surface area contributed by atoms with Crippen molar-refractivity contribution in [1.29, 1.82) is 0 Å². The van der Waals surface area contributed by atoms with Crippen molar-refractivity contribution < 1.29 is 0 Å². The highest BCUT2D eigenvalue weighted by Crippen LogP contribution is 2.04. The smallest absolute Gasteiger partial charge is 0.275 e. The maximum atomic E-state index is 11.8. The fourth-order valence-corrected chi connectivity index (χ4v) is 1.45. The average molecular weight is 191 g/mol. The molecule has 4 nitrogen and oxygen atoms in total. The lowest BCUT2D eigenvalue weighted by molar-refractivity contribution is 0.841. The van der Waals surface area contributed by atoms with Crippen LogP contribution in [0.2, 0.25) is 0 Å². The first kappa shape index (κ1) is 8.99. The number of aromatic nitrogens is 3. The Balaban J connectivity index is 2.88. The second kappa shape index (κ2) is 2.97.